The fraction of sp³-hybridized carbons (Fsp3) is 0.240. The molecule has 1 aliphatic heterocycles. The van der Waals surface area contributed by atoms with E-state index >= 15 is 0 Å². The van der Waals surface area contributed by atoms with E-state index in [0.29, 0.717) is 29.1 Å². The summed E-state index contributed by atoms with van der Waals surface area (Å²) in [6.45, 7) is 2.37. The van der Waals surface area contributed by atoms with Crippen LogP contribution in [0.25, 0.3) is 0 Å². The summed E-state index contributed by atoms with van der Waals surface area (Å²) in [6, 6.07) is 21.4. The molecule has 0 aliphatic carbocycles. The highest BCUT2D eigenvalue weighted by molar-refractivity contribution is 7.92. The summed E-state index contributed by atoms with van der Waals surface area (Å²) in [5.41, 5.74) is 2.46. The molecule has 1 aliphatic rings. The third-order valence-corrected chi connectivity index (χ3v) is 7.29. The minimum absolute atomic E-state index is 0.00230. The van der Waals surface area contributed by atoms with E-state index < -0.39 is 10.0 Å². The van der Waals surface area contributed by atoms with Crippen LogP contribution in [0.15, 0.2) is 77.7 Å². The number of sulfonamides is 1. The Morgan fingerprint density at radius 2 is 1.75 bits per heavy atom. The lowest BCUT2D eigenvalue weighted by molar-refractivity contribution is 0.0735. The molecule has 0 bridgehead atoms. The second kappa shape index (κ2) is 9.04. The summed E-state index contributed by atoms with van der Waals surface area (Å²) in [5.74, 6) is 0.479. The summed E-state index contributed by atoms with van der Waals surface area (Å²) in [6.07, 6.45) is 1.81. The number of hydrogen-bond acceptors (Lipinski definition) is 4. The molecular weight excluding hydrogens is 424 g/mol. The van der Waals surface area contributed by atoms with Crippen molar-refractivity contribution >= 4 is 21.6 Å². The lowest BCUT2D eigenvalue weighted by Crippen LogP contribution is -2.30. The van der Waals surface area contributed by atoms with E-state index in [0.717, 1.165) is 18.4 Å². The number of likely N-dealkylation sites (tertiary alicyclic amines) is 1. The number of aryl methyl sites for hydroxylation is 1. The monoisotopic (exact) mass is 450 g/mol. The molecule has 0 aromatic heterocycles. The van der Waals surface area contributed by atoms with Crippen molar-refractivity contribution in [3.05, 3.63) is 89.5 Å². The zero-order valence-electron chi connectivity index (χ0n) is 18.1. The number of hydrogen-bond donors (Lipinski definition) is 1. The van der Waals surface area contributed by atoms with E-state index in [4.69, 9.17) is 4.74 Å². The molecular formula is C25H26N2O4S. The van der Waals surface area contributed by atoms with Gasteiger partial charge in [-0.3, -0.25) is 9.52 Å². The van der Waals surface area contributed by atoms with Crippen molar-refractivity contribution in [1.29, 1.82) is 0 Å². The van der Waals surface area contributed by atoms with Crippen molar-refractivity contribution in [2.24, 2.45) is 0 Å². The van der Waals surface area contributed by atoms with Crippen LogP contribution in [-0.4, -0.2) is 32.9 Å². The average molecular weight is 451 g/mol. The third-order valence-electron chi connectivity index (χ3n) is 5.76. The molecule has 1 N–H and O–H groups in total. The number of benzene rings is 3. The fourth-order valence-electron chi connectivity index (χ4n) is 4.09. The number of rotatable bonds is 6. The van der Waals surface area contributed by atoms with Crippen molar-refractivity contribution in [3.63, 3.8) is 0 Å². The first-order valence-corrected chi connectivity index (χ1v) is 12.0. The Kier molecular flexibility index (Phi) is 6.19. The van der Waals surface area contributed by atoms with Gasteiger partial charge in [0.2, 0.25) is 0 Å². The van der Waals surface area contributed by atoms with Crippen LogP contribution in [-0.2, 0) is 10.0 Å². The quantitative estimate of drug-likeness (QED) is 0.586. The highest BCUT2D eigenvalue weighted by Gasteiger charge is 2.31. The van der Waals surface area contributed by atoms with E-state index in [2.05, 4.69) is 4.72 Å². The number of nitrogens with one attached hydrogen (secondary N) is 1. The van der Waals surface area contributed by atoms with Gasteiger partial charge in [-0.15, -0.1) is 0 Å². The molecule has 7 heteroatoms. The van der Waals surface area contributed by atoms with Gasteiger partial charge in [0.1, 0.15) is 5.75 Å². The highest BCUT2D eigenvalue weighted by atomic mass is 32.2. The first-order chi connectivity index (χ1) is 15.4. The predicted molar refractivity (Wildman–Crippen MR) is 124 cm³/mol. The van der Waals surface area contributed by atoms with Crippen LogP contribution in [0.4, 0.5) is 5.69 Å². The van der Waals surface area contributed by atoms with Gasteiger partial charge in [0.25, 0.3) is 15.9 Å². The van der Waals surface area contributed by atoms with Crippen molar-refractivity contribution in [2.45, 2.75) is 30.7 Å². The van der Waals surface area contributed by atoms with Crippen LogP contribution in [0.5, 0.6) is 5.75 Å². The van der Waals surface area contributed by atoms with Gasteiger partial charge in [-0.05, 0) is 67.3 Å². The number of methoxy groups -OCH3 is 1. The number of amides is 1. The topological polar surface area (TPSA) is 75.7 Å². The lowest BCUT2D eigenvalue weighted by Gasteiger charge is -2.25. The molecule has 32 heavy (non-hydrogen) atoms. The Labute approximate surface area is 188 Å². The molecule has 1 saturated heterocycles. The van der Waals surface area contributed by atoms with Gasteiger partial charge in [-0.2, -0.15) is 0 Å². The first-order valence-electron chi connectivity index (χ1n) is 10.5. The summed E-state index contributed by atoms with van der Waals surface area (Å²) < 4.78 is 33.9. The number of carbonyl (C=O) groups is 1. The zero-order valence-corrected chi connectivity index (χ0v) is 18.9. The fourth-order valence-corrected chi connectivity index (χ4v) is 5.42. The normalized spacial score (nSPS) is 16.1. The maximum Gasteiger partial charge on any atom is 0.262 e. The standard InChI is InChI=1S/C25H26N2O4S/c1-18-10-11-20(25(28)27-16-6-9-23(27)19-7-4-3-5-8-19)17-24(18)32(29,30)26-21-12-14-22(31-2)15-13-21/h3-5,7-8,10-15,17,23,26H,6,9,16H2,1-2H3. The van der Waals surface area contributed by atoms with Crippen molar-refractivity contribution in [3.8, 4) is 5.75 Å². The minimum atomic E-state index is -3.87. The summed E-state index contributed by atoms with van der Waals surface area (Å²) >= 11 is 0. The van der Waals surface area contributed by atoms with Gasteiger partial charge in [-0.25, -0.2) is 8.42 Å². The molecule has 3 aromatic rings. The first kappa shape index (κ1) is 21.9. The molecule has 3 aromatic carbocycles. The van der Waals surface area contributed by atoms with E-state index in [1.165, 1.54) is 6.07 Å². The van der Waals surface area contributed by atoms with Crippen molar-refractivity contribution in [2.75, 3.05) is 18.4 Å². The molecule has 1 heterocycles. The molecule has 0 saturated carbocycles. The third kappa shape index (κ3) is 4.48. The molecule has 1 fully saturated rings. The van der Waals surface area contributed by atoms with Crippen LogP contribution < -0.4 is 9.46 Å². The summed E-state index contributed by atoms with van der Waals surface area (Å²) in [4.78, 5) is 15.3. The molecule has 1 amide bonds. The minimum Gasteiger partial charge on any atom is -0.497 e. The van der Waals surface area contributed by atoms with Crippen LogP contribution >= 0.6 is 0 Å². The second-order valence-corrected chi connectivity index (χ2v) is 9.53. The Morgan fingerprint density at radius 1 is 1.03 bits per heavy atom. The van der Waals surface area contributed by atoms with Crippen LogP contribution in [0.3, 0.4) is 0 Å². The number of ether oxygens (including phenoxy) is 1. The number of anilines is 1. The van der Waals surface area contributed by atoms with E-state index in [1.807, 2.05) is 35.2 Å². The Hall–Kier alpha value is -3.32. The molecule has 1 atom stereocenters. The van der Waals surface area contributed by atoms with Gasteiger partial charge >= 0.3 is 0 Å². The maximum absolute atomic E-state index is 13.3. The Balaban J connectivity index is 1.61. The number of carbonyl (C=O) groups excluding carboxylic acids is 1. The van der Waals surface area contributed by atoms with Crippen molar-refractivity contribution < 1.29 is 17.9 Å². The van der Waals surface area contributed by atoms with E-state index in [1.54, 1.807) is 50.4 Å². The van der Waals surface area contributed by atoms with Crippen molar-refractivity contribution in [1.82, 2.24) is 4.90 Å². The average Bonchev–Trinajstić information content (AvgIpc) is 3.29. The highest BCUT2D eigenvalue weighted by Crippen LogP contribution is 2.33. The smallest absolute Gasteiger partial charge is 0.262 e. The second-order valence-electron chi connectivity index (χ2n) is 7.88. The van der Waals surface area contributed by atoms with Crippen LogP contribution in [0, 0.1) is 6.92 Å². The van der Waals surface area contributed by atoms with E-state index in [9.17, 15) is 13.2 Å². The Morgan fingerprint density at radius 3 is 2.44 bits per heavy atom. The molecule has 0 radical (unpaired) electrons. The van der Waals surface area contributed by atoms with Crippen LogP contribution in [0.1, 0.15) is 40.4 Å². The molecule has 4 rings (SSSR count). The molecule has 1 unspecified atom stereocenters. The van der Waals surface area contributed by atoms with Gasteiger partial charge in [0.05, 0.1) is 18.0 Å². The molecule has 166 valence electrons. The lowest BCUT2D eigenvalue weighted by atomic mass is 10.0. The van der Waals surface area contributed by atoms with Gasteiger partial charge in [0, 0.05) is 17.8 Å². The maximum atomic E-state index is 13.3. The SMILES string of the molecule is COc1ccc(NS(=O)(=O)c2cc(C(=O)N3CCCC3c3ccccc3)ccc2C)cc1. The summed E-state index contributed by atoms with van der Waals surface area (Å²) in [5, 5.41) is 0. The Bertz CT molecular complexity index is 1210. The van der Waals surface area contributed by atoms with Gasteiger partial charge in [-0.1, -0.05) is 36.4 Å². The van der Waals surface area contributed by atoms with Gasteiger partial charge in [0.15, 0.2) is 0 Å². The molecule has 6 nitrogen and oxygen atoms in total. The predicted octanol–water partition coefficient (Wildman–Crippen LogP) is 4.78. The largest absolute Gasteiger partial charge is 0.497 e. The number of nitrogens with zero attached hydrogens (tertiary/aromatic N) is 1. The zero-order chi connectivity index (χ0) is 22.7. The van der Waals surface area contributed by atoms with Crippen LogP contribution in [0.2, 0.25) is 0 Å². The van der Waals surface area contributed by atoms with Gasteiger partial charge < -0.3 is 9.64 Å². The molecule has 0 spiro atoms. The van der Waals surface area contributed by atoms with E-state index in [-0.39, 0.29) is 16.8 Å². The summed E-state index contributed by atoms with van der Waals surface area (Å²) in [7, 11) is -2.32.